The molecule has 18 heavy (non-hydrogen) atoms. The van der Waals surface area contributed by atoms with Crippen molar-refractivity contribution in [1.82, 2.24) is 10.2 Å². The molecule has 1 heterocycles. The van der Waals surface area contributed by atoms with Crippen LogP contribution >= 0.6 is 11.6 Å². The Morgan fingerprint density at radius 2 is 2.06 bits per heavy atom. The Labute approximate surface area is 108 Å². The molecule has 0 unspecified atom stereocenters. The first-order valence-corrected chi connectivity index (χ1v) is 5.54. The van der Waals surface area contributed by atoms with E-state index in [4.69, 9.17) is 11.6 Å². The molecule has 0 bridgehead atoms. The first-order valence-electron chi connectivity index (χ1n) is 5.16. The first kappa shape index (κ1) is 12.3. The lowest BCUT2D eigenvalue weighted by Gasteiger charge is -2.07. The van der Waals surface area contributed by atoms with Crippen molar-refractivity contribution < 1.29 is 9.90 Å². The van der Waals surface area contributed by atoms with Crippen LogP contribution in [0.4, 0.5) is 5.69 Å². The van der Waals surface area contributed by atoms with Crippen LogP contribution in [0.5, 0.6) is 5.75 Å². The summed E-state index contributed by atoms with van der Waals surface area (Å²) in [5.74, 6) is -0.232. The number of aromatic hydroxyl groups is 1. The zero-order valence-electron chi connectivity index (χ0n) is 9.51. The molecule has 0 fully saturated rings. The van der Waals surface area contributed by atoms with Gasteiger partial charge in [0.05, 0.1) is 0 Å². The van der Waals surface area contributed by atoms with E-state index in [1.165, 1.54) is 18.2 Å². The van der Waals surface area contributed by atoms with Crippen molar-refractivity contribution in [2.45, 2.75) is 6.92 Å². The molecule has 0 aliphatic rings. The Morgan fingerprint density at radius 1 is 1.28 bits per heavy atom. The molecule has 2 rings (SSSR count). The van der Waals surface area contributed by atoms with Crippen LogP contribution < -0.4 is 5.32 Å². The van der Waals surface area contributed by atoms with E-state index < -0.39 is 0 Å². The predicted molar refractivity (Wildman–Crippen MR) is 67.8 cm³/mol. The molecule has 2 aromatic rings. The minimum absolute atomic E-state index is 0.150. The van der Waals surface area contributed by atoms with Gasteiger partial charge in [-0.1, -0.05) is 11.6 Å². The van der Waals surface area contributed by atoms with Gasteiger partial charge < -0.3 is 10.4 Å². The third kappa shape index (κ3) is 2.75. The molecular formula is C12H10ClN3O2. The average Bonchev–Trinajstić information content (AvgIpc) is 2.33. The highest BCUT2D eigenvalue weighted by Gasteiger charge is 2.09. The number of carbonyl (C=O) groups excluding carboxylic acids is 1. The highest BCUT2D eigenvalue weighted by molar-refractivity contribution is 6.29. The molecule has 92 valence electrons. The molecule has 1 amide bonds. The van der Waals surface area contributed by atoms with Crippen molar-refractivity contribution in [2.24, 2.45) is 0 Å². The number of hydrogen-bond acceptors (Lipinski definition) is 4. The lowest BCUT2D eigenvalue weighted by molar-refractivity contribution is 0.102. The lowest BCUT2D eigenvalue weighted by atomic mass is 10.2. The van der Waals surface area contributed by atoms with Crippen LogP contribution in [0.1, 0.15) is 16.1 Å². The normalized spacial score (nSPS) is 10.1. The zero-order valence-corrected chi connectivity index (χ0v) is 10.3. The van der Waals surface area contributed by atoms with Crippen molar-refractivity contribution in [3.63, 3.8) is 0 Å². The Kier molecular flexibility index (Phi) is 3.43. The van der Waals surface area contributed by atoms with Crippen LogP contribution in [-0.4, -0.2) is 21.2 Å². The standard InChI is InChI=1S/C12H10ClN3O2/c1-7-6-8(17)2-3-9(7)14-12(18)10-4-5-11(13)16-15-10/h2-6,17H,1H3,(H,14,18). The maximum Gasteiger partial charge on any atom is 0.276 e. The molecule has 1 aromatic heterocycles. The Hall–Kier alpha value is -2.14. The number of hydrogen-bond donors (Lipinski definition) is 2. The number of phenolic OH excluding ortho intramolecular Hbond substituents is 1. The summed E-state index contributed by atoms with van der Waals surface area (Å²) < 4.78 is 0. The van der Waals surface area contributed by atoms with Crippen LogP contribution in [0.25, 0.3) is 0 Å². The summed E-state index contributed by atoms with van der Waals surface area (Å²) in [4.78, 5) is 11.8. The fraction of sp³-hybridized carbons (Fsp3) is 0.0833. The molecule has 0 saturated heterocycles. The van der Waals surface area contributed by atoms with Crippen LogP contribution in [-0.2, 0) is 0 Å². The Bertz CT molecular complexity index is 584. The summed E-state index contributed by atoms with van der Waals surface area (Å²) in [5.41, 5.74) is 1.53. The van der Waals surface area contributed by atoms with Crippen molar-refractivity contribution >= 4 is 23.2 Å². The first-order chi connectivity index (χ1) is 8.56. The number of nitrogens with one attached hydrogen (secondary N) is 1. The fourth-order valence-corrected chi connectivity index (χ4v) is 1.51. The molecule has 1 aromatic carbocycles. The van der Waals surface area contributed by atoms with Gasteiger partial charge in [0.25, 0.3) is 5.91 Å². The summed E-state index contributed by atoms with van der Waals surface area (Å²) in [6.07, 6.45) is 0. The quantitative estimate of drug-likeness (QED) is 0.816. The number of carbonyl (C=O) groups is 1. The molecule has 6 heteroatoms. The molecular weight excluding hydrogens is 254 g/mol. The third-order valence-electron chi connectivity index (χ3n) is 2.32. The van der Waals surface area contributed by atoms with Gasteiger partial charge in [-0.25, -0.2) is 0 Å². The minimum Gasteiger partial charge on any atom is -0.508 e. The highest BCUT2D eigenvalue weighted by Crippen LogP contribution is 2.20. The van der Waals surface area contributed by atoms with E-state index in [-0.39, 0.29) is 22.5 Å². The molecule has 0 aliphatic carbocycles. The summed E-state index contributed by atoms with van der Waals surface area (Å²) in [6.45, 7) is 1.78. The molecule has 0 saturated carbocycles. The average molecular weight is 264 g/mol. The number of aryl methyl sites for hydroxylation is 1. The second-order valence-corrected chi connectivity index (χ2v) is 4.08. The monoisotopic (exact) mass is 263 g/mol. The molecule has 2 N–H and O–H groups in total. The van der Waals surface area contributed by atoms with Gasteiger partial charge in [0.1, 0.15) is 5.75 Å². The van der Waals surface area contributed by atoms with Gasteiger partial charge >= 0.3 is 0 Å². The number of benzene rings is 1. The summed E-state index contributed by atoms with van der Waals surface area (Å²) in [6, 6.07) is 7.65. The zero-order chi connectivity index (χ0) is 13.1. The number of anilines is 1. The van der Waals surface area contributed by atoms with Gasteiger partial charge in [0.2, 0.25) is 0 Å². The topological polar surface area (TPSA) is 75.1 Å². The molecule has 0 atom stereocenters. The third-order valence-corrected chi connectivity index (χ3v) is 2.52. The summed E-state index contributed by atoms with van der Waals surface area (Å²) in [7, 11) is 0. The van der Waals surface area contributed by atoms with E-state index >= 15 is 0 Å². The molecule has 0 spiro atoms. The van der Waals surface area contributed by atoms with Crippen molar-refractivity contribution in [3.05, 3.63) is 46.7 Å². The van der Waals surface area contributed by atoms with E-state index in [9.17, 15) is 9.90 Å². The number of aromatic nitrogens is 2. The van der Waals surface area contributed by atoms with Gasteiger partial charge in [-0.2, -0.15) is 0 Å². The van der Waals surface area contributed by atoms with E-state index in [0.717, 1.165) is 5.56 Å². The molecule has 0 radical (unpaired) electrons. The number of halogens is 1. The van der Waals surface area contributed by atoms with Crippen molar-refractivity contribution in [3.8, 4) is 5.75 Å². The summed E-state index contributed by atoms with van der Waals surface area (Å²) >= 11 is 5.59. The molecule has 5 nitrogen and oxygen atoms in total. The Balaban J connectivity index is 2.18. The van der Waals surface area contributed by atoms with Crippen LogP contribution in [0.2, 0.25) is 5.15 Å². The lowest BCUT2D eigenvalue weighted by Crippen LogP contribution is -2.14. The van der Waals surface area contributed by atoms with E-state index in [0.29, 0.717) is 5.69 Å². The number of nitrogens with zero attached hydrogens (tertiary/aromatic N) is 2. The van der Waals surface area contributed by atoms with Gasteiger partial charge in [0, 0.05) is 5.69 Å². The van der Waals surface area contributed by atoms with Gasteiger partial charge in [-0.05, 0) is 42.8 Å². The van der Waals surface area contributed by atoms with Gasteiger partial charge in [-0.15, -0.1) is 10.2 Å². The smallest absolute Gasteiger partial charge is 0.276 e. The number of amides is 1. The second-order valence-electron chi connectivity index (χ2n) is 3.69. The Morgan fingerprint density at radius 3 is 2.67 bits per heavy atom. The second kappa shape index (κ2) is 5.01. The maximum atomic E-state index is 11.8. The van der Waals surface area contributed by atoms with Crippen LogP contribution in [0, 0.1) is 6.92 Å². The largest absolute Gasteiger partial charge is 0.508 e. The number of phenols is 1. The predicted octanol–water partition coefficient (Wildman–Crippen LogP) is 2.40. The van der Waals surface area contributed by atoms with E-state index in [1.54, 1.807) is 19.1 Å². The molecule has 0 aliphatic heterocycles. The SMILES string of the molecule is Cc1cc(O)ccc1NC(=O)c1ccc(Cl)nn1. The number of rotatable bonds is 2. The maximum absolute atomic E-state index is 11.8. The van der Waals surface area contributed by atoms with Crippen LogP contribution in [0.15, 0.2) is 30.3 Å². The van der Waals surface area contributed by atoms with E-state index in [2.05, 4.69) is 15.5 Å². The van der Waals surface area contributed by atoms with Crippen LogP contribution in [0.3, 0.4) is 0 Å². The minimum atomic E-state index is -0.382. The highest BCUT2D eigenvalue weighted by atomic mass is 35.5. The summed E-state index contributed by atoms with van der Waals surface area (Å²) in [5, 5.41) is 19.4. The van der Waals surface area contributed by atoms with Gasteiger partial charge in [0.15, 0.2) is 10.8 Å². The fourth-order valence-electron chi connectivity index (χ4n) is 1.41. The van der Waals surface area contributed by atoms with Gasteiger partial charge in [-0.3, -0.25) is 4.79 Å². The van der Waals surface area contributed by atoms with Crippen molar-refractivity contribution in [1.29, 1.82) is 0 Å². The van der Waals surface area contributed by atoms with Crippen molar-refractivity contribution in [2.75, 3.05) is 5.32 Å². The van der Waals surface area contributed by atoms with E-state index in [1.807, 2.05) is 0 Å².